The molecule has 2 rings (SSSR count). The van der Waals surface area contributed by atoms with Gasteiger partial charge in [-0.1, -0.05) is 13.8 Å². The molecule has 0 unspecified atom stereocenters. The van der Waals surface area contributed by atoms with Gasteiger partial charge in [-0.15, -0.1) is 11.6 Å². The standard InChI is InChI=1S/C12H20ClN3O2S/c1-12(2)3-6-16(7-4-12)19(17,18)11-9-14-15(10-11)8-5-13/h9-10H,3-8H2,1-2H3. The Bertz CT molecular complexity index is 529. The van der Waals surface area contributed by atoms with E-state index >= 15 is 0 Å². The first kappa shape index (κ1) is 14.8. The Kier molecular flexibility index (Phi) is 4.23. The number of hydrogen-bond acceptors (Lipinski definition) is 3. The van der Waals surface area contributed by atoms with E-state index in [4.69, 9.17) is 11.6 Å². The fourth-order valence-corrected chi connectivity index (χ4v) is 3.74. The molecule has 1 fully saturated rings. The maximum absolute atomic E-state index is 12.5. The third kappa shape index (κ3) is 3.30. The summed E-state index contributed by atoms with van der Waals surface area (Å²) in [5.74, 6) is 0.416. The Morgan fingerprint density at radius 2 is 2.00 bits per heavy atom. The number of aryl methyl sites for hydroxylation is 1. The molecule has 1 aliphatic rings. The maximum atomic E-state index is 12.5. The number of hydrogen-bond donors (Lipinski definition) is 0. The molecular formula is C12H20ClN3O2S. The predicted molar refractivity (Wildman–Crippen MR) is 74.7 cm³/mol. The zero-order chi connectivity index (χ0) is 14.1. The third-order valence-corrected chi connectivity index (χ3v) is 5.66. The van der Waals surface area contributed by atoms with E-state index in [1.165, 1.54) is 6.20 Å². The molecule has 0 amide bonds. The van der Waals surface area contributed by atoms with Crippen molar-refractivity contribution >= 4 is 21.6 Å². The van der Waals surface area contributed by atoms with E-state index in [0.29, 0.717) is 25.5 Å². The molecule has 2 heterocycles. The second-order valence-corrected chi connectivity index (χ2v) is 8.01. The van der Waals surface area contributed by atoms with Gasteiger partial charge in [0.1, 0.15) is 4.90 Å². The quantitative estimate of drug-likeness (QED) is 0.799. The van der Waals surface area contributed by atoms with Crippen molar-refractivity contribution in [3.8, 4) is 0 Å². The van der Waals surface area contributed by atoms with Crippen molar-refractivity contribution in [3.63, 3.8) is 0 Å². The predicted octanol–water partition coefficient (Wildman–Crippen LogP) is 1.93. The van der Waals surface area contributed by atoms with Gasteiger partial charge >= 0.3 is 0 Å². The zero-order valence-corrected chi connectivity index (χ0v) is 12.9. The molecule has 19 heavy (non-hydrogen) atoms. The van der Waals surface area contributed by atoms with Gasteiger partial charge in [-0.3, -0.25) is 4.68 Å². The first-order chi connectivity index (χ1) is 8.85. The highest BCUT2D eigenvalue weighted by Crippen LogP contribution is 2.32. The maximum Gasteiger partial charge on any atom is 0.246 e. The highest BCUT2D eigenvalue weighted by atomic mass is 35.5. The SMILES string of the molecule is CC1(C)CCN(S(=O)(=O)c2cnn(CCCl)c2)CC1. The lowest BCUT2D eigenvalue weighted by Gasteiger charge is -2.35. The van der Waals surface area contributed by atoms with Crippen LogP contribution in [0.3, 0.4) is 0 Å². The van der Waals surface area contributed by atoms with E-state index in [-0.39, 0.29) is 10.3 Å². The minimum Gasteiger partial charge on any atom is -0.270 e. The van der Waals surface area contributed by atoms with E-state index in [0.717, 1.165) is 12.8 Å². The van der Waals surface area contributed by atoms with Gasteiger partial charge in [0.05, 0.1) is 12.7 Å². The van der Waals surface area contributed by atoms with Crippen molar-refractivity contribution in [1.29, 1.82) is 0 Å². The van der Waals surface area contributed by atoms with Crippen LogP contribution in [0.1, 0.15) is 26.7 Å². The van der Waals surface area contributed by atoms with Gasteiger partial charge in [-0.2, -0.15) is 9.40 Å². The molecule has 1 saturated heterocycles. The van der Waals surface area contributed by atoms with Gasteiger partial charge in [0, 0.05) is 25.2 Å². The summed E-state index contributed by atoms with van der Waals surface area (Å²) in [6, 6.07) is 0. The van der Waals surface area contributed by atoms with Crippen LogP contribution in [0.15, 0.2) is 17.3 Å². The van der Waals surface area contributed by atoms with Gasteiger partial charge in [-0.05, 0) is 18.3 Å². The molecule has 0 N–H and O–H groups in total. The van der Waals surface area contributed by atoms with Crippen LogP contribution in [-0.4, -0.2) is 41.5 Å². The molecule has 0 radical (unpaired) electrons. The van der Waals surface area contributed by atoms with Crippen LogP contribution in [0.4, 0.5) is 0 Å². The lowest BCUT2D eigenvalue weighted by atomic mass is 9.83. The molecule has 108 valence electrons. The Morgan fingerprint density at radius 3 is 2.58 bits per heavy atom. The van der Waals surface area contributed by atoms with E-state index in [9.17, 15) is 8.42 Å². The van der Waals surface area contributed by atoms with E-state index in [1.807, 2.05) is 0 Å². The highest BCUT2D eigenvalue weighted by Gasteiger charge is 2.33. The van der Waals surface area contributed by atoms with Crippen LogP contribution in [0, 0.1) is 5.41 Å². The van der Waals surface area contributed by atoms with Crippen LogP contribution < -0.4 is 0 Å². The minimum atomic E-state index is -3.40. The van der Waals surface area contributed by atoms with E-state index in [1.54, 1.807) is 15.2 Å². The molecule has 1 aromatic rings. The molecule has 0 aliphatic carbocycles. The first-order valence-corrected chi connectivity index (χ1v) is 8.41. The van der Waals surface area contributed by atoms with Gasteiger partial charge < -0.3 is 0 Å². The van der Waals surface area contributed by atoms with Crippen LogP contribution in [0.5, 0.6) is 0 Å². The van der Waals surface area contributed by atoms with Crippen molar-refractivity contribution in [2.24, 2.45) is 5.41 Å². The van der Waals surface area contributed by atoms with Gasteiger partial charge in [0.15, 0.2) is 0 Å². The molecule has 1 aromatic heterocycles. The second-order valence-electron chi connectivity index (χ2n) is 5.70. The summed E-state index contributed by atoms with van der Waals surface area (Å²) in [4.78, 5) is 0.261. The third-order valence-electron chi connectivity index (χ3n) is 3.64. The molecule has 0 aromatic carbocycles. The summed E-state index contributed by atoms with van der Waals surface area (Å²) in [7, 11) is -3.40. The lowest BCUT2D eigenvalue weighted by molar-refractivity contribution is 0.196. The summed E-state index contributed by atoms with van der Waals surface area (Å²) in [6.07, 6.45) is 4.74. The molecule has 7 heteroatoms. The lowest BCUT2D eigenvalue weighted by Crippen LogP contribution is -2.40. The second kappa shape index (κ2) is 5.42. The normalized spacial score (nSPS) is 20.6. The van der Waals surface area contributed by atoms with Crippen molar-refractivity contribution in [1.82, 2.24) is 14.1 Å². The van der Waals surface area contributed by atoms with Crippen molar-refractivity contribution < 1.29 is 8.42 Å². The fourth-order valence-electron chi connectivity index (χ4n) is 2.17. The number of aromatic nitrogens is 2. The van der Waals surface area contributed by atoms with E-state index in [2.05, 4.69) is 18.9 Å². The number of piperidine rings is 1. The average molecular weight is 306 g/mol. The Labute approximate surface area is 119 Å². The van der Waals surface area contributed by atoms with Gasteiger partial charge in [-0.25, -0.2) is 8.42 Å². The Morgan fingerprint density at radius 1 is 1.37 bits per heavy atom. The zero-order valence-electron chi connectivity index (χ0n) is 11.3. The molecular weight excluding hydrogens is 286 g/mol. The number of alkyl halides is 1. The number of nitrogens with zero attached hydrogens (tertiary/aromatic N) is 3. The molecule has 0 bridgehead atoms. The number of rotatable bonds is 4. The highest BCUT2D eigenvalue weighted by molar-refractivity contribution is 7.89. The summed E-state index contributed by atoms with van der Waals surface area (Å²) in [6.45, 7) is 6.03. The Balaban J connectivity index is 2.13. The van der Waals surface area contributed by atoms with Crippen LogP contribution >= 0.6 is 11.6 Å². The average Bonchev–Trinajstić information content (AvgIpc) is 2.78. The van der Waals surface area contributed by atoms with Gasteiger partial charge in [0.25, 0.3) is 0 Å². The minimum absolute atomic E-state index is 0.231. The van der Waals surface area contributed by atoms with Gasteiger partial charge in [0.2, 0.25) is 10.0 Å². The smallest absolute Gasteiger partial charge is 0.246 e. The largest absolute Gasteiger partial charge is 0.270 e. The van der Waals surface area contributed by atoms with Crippen molar-refractivity contribution in [3.05, 3.63) is 12.4 Å². The monoisotopic (exact) mass is 305 g/mol. The molecule has 1 aliphatic heterocycles. The summed E-state index contributed by atoms with van der Waals surface area (Å²) >= 11 is 5.62. The molecule has 0 atom stereocenters. The topological polar surface area (TPSA) is 55.2 Å². The molecule has 0 spiro atoms. The molecule has 5 nitrogen and oxygen atoms in total. The summed E-state index contributed by atoms with van der Waals surface area (Å²) < 4.78 is 28.0. The van der Waals surface area contributed by atoms with Crippen LogP contribution in [0.2, 0.25) is 0 Å². The fraction of sp³-hybridized carbons (Fsp3) is 0.750. The van der Waals surface area contributed by atoms with E-state index < -0.39 is 10.0 Å². The van der Waals surface area contributed by atoms with Crippen molar-refractivity contribution in [2.75, 3.05) is 19.0 Å². The first-order valence-electron chi connectivity index (χ1n) is 6.44. The summed E-state index contributed by atoms with van der Waals surface area (Å²) in [5, 5.41) is 4.02. The van der Waals surface area contributed by atoms with Crippen LogP contribution in [-0.2, 0) is 16.6 Å². The van der Waals surface area contributed by atoms with Crippen LogP contribution in [0.25, 0.3) is 0 Å². The number of halogens is 1. The molecule has 0 saturated carbocycles. The number of sulfonamides is 1. The van der Waals surface area contributed by atoms with Crippen molar-refractivity contribution in [2.45, 2.75) is 38.1 Å². The Hall–Kier alpha value is -0.590. The summed E-state index contributed by atoms with van der Waals surface area (Å²) in [5.41, 5.74) is 0.231.